The summed E-state index contributed by atoms with van der Waals surface area (Å²) in [5, 5.41) is 9.44. The molecule has 1 saturated carbocycles. The molecule has 1 aliphatic heterocycles. The predicted molar refractivity (Wildman–Crippen MR) is 120 cm³/mol. The first-order chi connectivity index (χ1) is 12.3. The maximum atomic E-state index is 12.0. The Hall–Kier alpha value is -0.580. The maximum absolute atomic E-state index is 12.0. The molecule has 7 nitrogen and oxygen atoms in total. The number of sulfone groups is 1. The third-order valence-corrected chi connectivity index (χ3v) is 7.29. The summed E-state index contributed by atoms with van der Waals surface area (Å²) in [5.74, 6) is 2.43. The molecule has 1 saturated heterocycles. The van der Waals surface area contributed by atoms with Gasteiger partial charge in [-0.05, 0) is 43.9 Å². The molecule has 2 aliphatic rings. The molecule has 2 fully saturated rings. The van der Waals surface area contributed by atoms with Crippen molar-refractivity contribution in [3.63, 3.8) is 0 Å². The van der Waals surface area contributed by atoms with E-state index in [1.165, 1.54) is 12.8 Å². The lowest BCUT2D eigenvalue weighted by Crippen LogP contribution is -2.46. The lowest BCUT2D eigenvalue weighted by molar-refractivity contribution is -0.121. The van der Waals surface area contributed by atoms with Crippen LogP contribution in [0.15, 0.2) is 4.99 Å². The van der Waals surface area contributed by atoms with Crippen LogP contribution in [-0.4, -0.2) is 57.5 Å². The summed E-state index contributed by atoms with van der Waals surface area (Å²) in [6.45, 7) is 5.07. The van der Waals surface area contributed by atoms with Gasteiger partial charge in [0.2, 0.25) is 5.91 Å². The lowest BCUT2D eigenvalue weighted by atomic mass is 9.80. The van der Waals surface area contributed by atoms with Crippen LogP contribution in [0.4, 0.5) is 0 Å². The van der Waals surface area contributed by atoms with E-state index in [2.05, 4.69) is 34.8 Å². The summed E-state index contributed by atoms with van der Waals surface area (Å²) in [5.41, 5.74) is 0. The van der Waals surface area contributed by atoms with E-state index in [0.29, 0.717) is 25.4 Å². The average Bonchev–Trinajstić information content (AvgIpc) is 2.92. The topological polar surface area (TPSA) is 99.7 Å². The number of carbonyl (C=O) groups is 1. The molecule has 0 radical (unpaired) electrons. The van der Waals surface area contributed by atoms with E-state index in [1.54, 1.807) is 7.05 Å². The summed E-state index contributed by atoms with van der Waals surface area (Å²) in [6, 6.07) is 0.204. The van der Waals surface area contributed by atoms with Crippen molar-refractivity contribution in [3.8, 4) is 0 Å². The standard InChI is InChI=1S/C18H34N4O3S.HI/c1-13(2)14-4-6-15(7-5-14)22-18(19-3)20-10-8-17(23)21-16-9-11-26(24,25)12-16;/h13-16H,4-12H2,1-3H3,(H,21,23)(H2,19,20,22);1H. The second kappa shape index (κ2) is 11.4. The van der Waals surface area contributed by atoms with Gasteiger partial charge in [-0.25, -0.2) is 8.42 Å². The van der Waals surface area contributed by atoms with Crippen LogP contribution in [0.2, 0.25) is 0 Å². The minimum Gasteiger partial charge on any atom is -0.356 e. The molecule has 0 spiro atoms. The van der Waals surface area contributed by atoms with Crippen LogP contribution in [-0.2, 0) is 14.6 Å². The summed E-state index contributed by atoms with van der Waals surface area (Å²) in [6.07, 6.45) is 5.62. The predicted octanol–water partition coefficient (Wildman–Crippen LogP) is 1.68. The Morgan fingerprint density at radius 1 is 1.07 bits per heavy atom. The number of hydrogen-bond donors (Lipinski definition) is 3. The maximum Gasteiger partial charge on any atom is 0.222 e. The number of nitrogens with one attached hydrogen (secondary N) is 3. The fraction of sp³-hybridized carbons (Fsp3) is 0.889. The largest absolute Gasteiger partial charge is 0.356 e. The highest BCUT2D eigenvalue weighted by molar-refractivity contribution is 14.0. The second-order valence-electron chi connectivity index (χ2n) is 7.92. The van der Waals surface area contributed by atoms with Gasteiger partial charge < -0.3 is 16.0 Å². The Balaban J connectivity index is 0.00000364. The number of halogens is 1. The quantitative estimate of drug-likeness (QED) is 0.285. The third-order valence-electron chi connectivity index (χ3n) is 5.52. The molecule has 0 aromatic rings. The molecule has 158 valence electrons. The Labute approximate surface area is 180 Å². The van der Waals surface area contributed by atoms with Gasteiger partial charge in [-0.1, -0.05) is 13.8 Å². The van der Waals surface area contributed by atoms with Crippen molar-refractivity contribution in [2.45, 2.75) is 64.5 Å². The van der Waals surface area contributed by atoms with Crippen molar-refractivity contribution in [2.75, 3.05) is 25.1 Å². The van der Waals surface area contributed by atoms with Gasteiger partial charge in [-0.2, -0.15) is 0 Å². The zero-order chi connectivity index (χ0) is 19.2. The number of carbonyl (C=O) groups excluding carboxylic acids is 1. The van der Waals surface area contributed by atoms with Crippen molar-refractivity contribution in [2.24, 2.45) is 16.8 Å². The molecule has 2 rings (SSSR count). The molecule has 9 heteroatoms. The van der Waals surface area contributed by atoms with Crippen LogP contribution < -0.4 is 16.0 Å². The summed E-state index contributed by atoms with van der Waals surface area (Å²) < 4.78 is 22.8. The fourth-order valence-corrected chi connectivity index (χ4v) is 5.49. The van der Waals surface area contributed by atoms with Gasteiger partial charge in [0.25, 0.3) is 0 Å². The molecular weight excluding hydrogens is 479 g/mol. The van der Waals surface area contributed by atoms with Crippen LogP contribution in [0.1, 0.15) is 52.4 Å². The van der Waals surface area contributed by atoms with Gasteiger partial charge in [0, 0.05) is 32.1 Å². The van der Waals surface area contributed by atoms with Crippen molar-refractivity contribution < 1.29 is 13.2 Å². The summed E-state index contributed by atoms with van der Waals surface area (Å²) in [7, 11) is -1.23. The number of hydrogen-bond acceptors (Lipinski definition) is 4. The number of amides is 1. The Bertz CT molecular complexity index is 602. The van der Waals surface area contributed by atoms with E-state index in [1.807, 2.05) is 0 Å². The molecule has 1 heterocycles. The van der Waals surface area contributed by atoms with E-state index < -0.39 is 9.84 Å². The van der Waals surface area contributed by atoms with E-state index in [4.69, 9.17) is 0 Å². The highest BCUT2D eigenvalue weighted by Gasteiger charge is 2.28. The average molecular weight is 514 g/mol. The smallest absolute Gasteiger partial charge is 0.222 e. The molecule has 1 unspecified atom stereocenters. The summed E-state index contributed by atoms with van der Waals surface area (Å²) >= 11 is 0. The lowest BCUT2D eigenvalue weighted by Gasteiger charge is -2.32. The summed E-state index contributed by atoms with van der Waals surface area (Å²) in [4.78, 5) is 16.2. The molecule has 0 aromatic carbocycles. The van der Waals surface area contributed by atoms with Crippen molar-refractivity contribution in [3.05, 3.63) is 0 Å². The number of rotatable bonds is 6. The first kappa shape index (κ1) is 24.5. The molecule has 1 aliphatic carbocycles. The van der Waals surface area contributed by atoms with Crippen LogP contribution in [0.25, 0.3) is 0 Å². The highest BCUT2D eigenvalue weighted by atomic mass is 127. The zero-order valence-corrected chi connectivity index (χ0v) is 19.8. The van der Waals surface area contributed by atoms with Crippen LogP contribution in [0, 0.1) is 11.8 Å². The first-order valence-electron chi connectivity index (χ1n) is 9.76. The third kappa shape index (κ3) is 8.53. The van der Waals surface area contributed by atoms with Crippen LogP contribution in [0.5, 0.6) is 0 Å². The van der Waals surface area contributed by atoms with Gasteiger partial charge in [-0.3, -0.25) is 9.79 Å². The Morgan fingerprint density at radius 2 is 1.74 bits per heavy atom. The minimum atomic E-state index is -2.96. The second-order valence-corrected chi connectivity index (χ2v) is 10.1. The normalized spacial score (nSPS) is 27.7. The van der Waals surface area contributed by atoms with Gasteiger partial charge in [0.15, 0.2) is 15.8 Å². The first-order valence-corrected chi connectivity index (χ1v) is 11.6. The van der Waals surface area contributed by atoms with E-state index in [0.717, 1.165) is 30.6 Å². The van der Waals surface area contributed by atoms with Crippen LogP contribution in [0.3, 0.4) is 0 Å². The molecule has 27 heavy (non-hydrogen) atoms. The van der Waals surface area contributed by atoms with E-state index in [-0.39, 0.29) is 47.4 Å². The Kier molecular flexibility index (Phi) is 10.4. The molecule has 1 amide bonds. The van der Waals surface area contributed by atoms with Crippen LogP contribution >= 0.6 is 24.0 Å². The van der Waals surface area contributed by atoms with Crippen molar-refractivity contribution in [1.82, 2.24) is 16.0 Å². The van der Waals surface area contributed by atoms with Crippen molar-refractivity contribution in [1.29, 1.82) is 0 Å². The molecular formula is C18H35IN4O3S. The molecule has 3 N–H and O–H groups in total. The number of nitrogens with zero attached hydrogens (tertiary/aromatic N) is 1. The molecule has 0 bridgehead atoms. The number of guanidine groups is 1. The molecule has 1 atom stereocenters. The minimum absolute atomic E-state index is 0. The van der Waals surface area contributed by atoms with Crippen molar-refractivity contribution >= 4 is 45.7 Å². The number of aliphatic imine (C=N–C) groups is 1. The molecule has 0 aromatic heterocycles. The van der Waals surface area contributed by atoms with Gasteiger partial charge in [0.1, 0.15) is 0 Å². The fourth-order valence-electron chi connectivity index (χ4n) is 3.82. The van der Waals surface area contributed by atoms with E-state index >= 15 is 0 Å². The van der Waals surface area contributed by atoms with Gasteiger partial charge >= 0.3 is 0 Å². The SMILES string of the molecule is CN=C(NCCC(=O)NC1CCS(=O)(=O)C1)NC1CCC(C(C)C)CC1.I. The Morgan fingerprint density at radius 3 is 2.26 bits per heavy atom. The monoisotopic (exact) mass is 514 g/mol. The zero-order valence-electron chi connectivity index (χ0n) is 16.7. The van der Waals surface area contributed by atoms with Gasteiger partial charge in [0.05, 0.1) is 11.5 Å². The van der Waals surface area contributed by atoms with E-state index in [9.17, 15) is 13.2 Å². The van der Waals surface area contributed by atoms with Gasteiger partial charge in [-0.15, -0.1) is 24.0 Å². The highest BCUT2D eigenvalue weighted by Crippen LogP contribution is 2.29.